The van der Waals surface area contributed by atoms with E-state index in [9.17, 15) is 27.9 Å². The molecule has 0 unspecified atom stereocenters. The third-order valence-electron chi connectivity index (χ3n) is 3.34. The van der Waals surface area contributed by atoms with Gasteiger partial charge in [-0.05, 0) is 32.9 Å². The summed E-state index contributed by atoms with van der Waals surface area (Å²) in [5.74, 6) is -0.401. The highest BCUT2D eigenvalue weighted by Crippen LogP contribution is 2.33. The number of benzene rings is 1. The molecule has 0 bridgehead atoms. The second-order valence-electron chi connectivity index (χ2n) is 6.13. The molecule has 0 spiro atoms. The molecule has 2 aromatic rings. The van der Waals surface area contributed by atoms with Crippen molar-refractivity contribution >= 4 is 17.0 Å². The summed E-state index contributed by atoms with van der Waals surface area (Å²) >= 11 is 0. The standard InChI is InChI=1S/C15H15F3N2O4/c1-14(2,3)20(13(22)23)7-10-19-11-8(12(21)24-10)5-4-6-9(11)15(16,17)18/h4-6H,7H2,1-3H3,(H,22,23). The summed E-state index contributed by atoms with van der Waals surface area (Å²) in [6, 6.07) is 3.06. The summed E-state index contributed by atoms with van der Waals surface area (Å²) in [5, 5.41) is 8.92. The zero-order valence-corrected chi connectivity index (χ0v) is 13.1. The second kappa shape index (κ2) is 5.81. The fourth-order valence-corrected chi connectivity index (χ4v) is 2.16. The molecule has 1 amide bonds. The van der Waals surface area contributed by atoms with Crippen LogP contribution in [0.2, 0.25) is 0 Å². The van der Waals surface area contributed by atoms with E-state index in [0.717, 1.165) is 17.0 Å². The molecule has 130 valence electrons. The van der Waals surface area contributed by atoms with Crippen LogP contribution in [0, 0.1) is 0 Å². The summed E-state index contributed by atoms with van der Waals surface area (Å²) in [6.07, 6.45) is -6.01. The van der Waals surface area contributed by atoms with E-state index >= 15 is 0 Å². The Morgan fingerprint density at radius 2 is 1.92 bits per heavy atom. The van der Waals surface area contributed by atoms with Gasteiger partial charge in [0.05, 0.1) is 16.5 Å². The average molecular weight is 344 g/mol. The number of halogens is 3. The Morgan fingerprint density at radius 3 is 2.42 bits per heavy atom. The van der Waals surface area contributed by atoms with Crippen LogP contribution in [0.3, 0.4) is 0 Å². The van der Waals surface area contributed by atoms with Gasteiger partial charge in [0.25, 0.3) is 0 Å². The van der Waals surface area contributed by atoms with E-state index in [4.69, 9.17) is 4.42 Å². The summed E-state index contributed by atoms with van der Waals surface area (Å²) in [5.41, 5.74) is -3.49. The first kappa shape index (κ1) is 17.8. The second-order valence-corrected chi connectivity index (χ2v) is 6.13. The lowest BCUT2D eigenvalue weighted by atomic mass is 10.1. The Hall–Kier alpha value is -2.58. The fraction of sp³-hybridized carbons (Fsp3) is 0.400. The van der Waals surface area contributed by atoms with E-state index in [1.165, 1.54) is 6.07 Å². The van der Waals surface area contributed by atoms with Crippen LogP contribution in [0.15, 0.2) is 27.4 Å². The van der Waals surface area contributed by atoms with Crippen molar-refractivity contribution < 1.29 is 27.5 Å². The average Bonchev–Trinajstić information content (AvgIpc) is 2.41. The van der Waals surface area contributed by atoms with E-state index in [-0.39, 0.29) is 5.39 Å². The number of nitrogens with zero attached hydrogens (tertiary/aromatic N) is 2. The van der Waals surface area contributed by atoms with E-state index in [0.29, 0.717) is 0 Å². The molecule has 0 fully saturated rings. The SMILES string of the molecule is CC(C)(C)N(Cc1nc2c(C(F)(F)F)cccc2c(=O)o1)C(=O)O. The maximum atomic E-state index is 13.1. The molecule has 1 heterocycles. The van der Waals surface area contributed by atoms with Crippen LogP contribution in [0.25, 0.3) is 10.9 Å². The Morgan fingerprint density at radius 1 is 1.29 bits per heavy atom. The van der Waals surface area contributed by atoms with Gasteiger partial charge in [-0.25, -0.2) is 14.6 Å². The molecule has 0 aliphatic heterocycles. The van der Waals surface area contributed by atoms with Crippen LogP contribution < -0.4 is 5.63 Å². The Balaban J connectivity index is 2.62. The van der Waals surface area contributed by atoms with E-state index < -0.39 is 46.9 Å². The first-order valence-corrected chi connectivity index (χ1v) is 6.92. The molecule has 0 saturated carbocycles. The van der Waals surface area contributed by atoms with Crippen molar-refractivity contribution in [3.8, 4) is 0 Å². The smallest absolute Gasteiger partial charge is 0.418 e. The van der Waals surface area contributed by atoms with Crippen molar-refractivity contribution in [1.29, 1.82) is 0 Å². The number of carboxylic acid groups (broad SMARTS) is 1. The lowest BCUT2D eigenvalue weighted by molar-refractivity contribution is -0.136. The lowest BCUT2D eigenvalue weighted by Gasteiger charge is -2.32. The van der Waals surface area contributed by atoms with Gasteiger partial charge in [-0.1, -0.05) is 6.07 Å². The molecule has 2 rings (SSSR count). The monoisotopic (exact) mass is 344 g/mol. The van der Waals surface area contributed by atoms with Crippen molar-refractivity contribution in [2.24, 2.45) is 0 Å². The number of amides is 1. The quantitative estimate of drug-likeness (QED) is 0.902. The Bertz CT molecular complexity index is 837. The first-order valence-electron chi connectivity index (χ1n) is 6.92. The van der Waals surface area contributed by atoms with E-state index in [1.807, 2.05) is 0 Å². The summed E-state index contributed by atoms with van der Waals surface area (Å²) in [7, 11) is 0. The van der Waals surface area contributed by atoms with E-state index in [2.05, 4.69) is 4.98 Å². The number of carbonyl (C=O) groups is 1. The molecule has 24 heavy (non-hydrogen) atoms. The van der Waals surface area contributed by atoms with Gasteiger partial charge in [-0.15, -0.1) is 0 Å². The van der Waals surface area contributed by atoms with Gasteiger partial charge in [-0.2, -0.15) is 13.2 Å². The number of para-hydroxylation sites is 1. The van der Waals surface area contributed by atoms with Gasteiger partial charge in [-0.3, -0.25) is 4.90 Å². The van der Waals surface area contributed by atoms with Gasteiger partial charge >= 0.3 is 17.9 Å². The third-order valence-corrected chi connectivity index (χ3v) is 3.34. The van der Waals surface area contributed by atoms with Crippen LogP contribution in [-0.4, -0.2) is 26.6 Å². The van der Waals surface area contributed by atoms with Crippen LogP contribution in [0.5, 0.6) is 0 Å². The molecule has 1 N–H and O–H groups in total. The van der Waals surface area contributed by atoms with Crippen molar-refractivity contribution in [3.63, 3.8) is 0 Å². The normalized spacial score (nSPS) is 12.4. The van der Waals surface area contributed by atoms with Crippen molar-refractivity contribution in [2.45, 2.75) is 39.0 Å². The van der Waals surface area contributed by atoms with Crippen LogP contribution >= 0.6 is 0 Å². The van der Waals surface area contributed by atoms with Gasteiger partial charge in [0.1, 0.15) is 6.54 Å². The predicted molar refractivity (Wildman–Crippen MR) is 78.6 cm³/mol. The molecular formula is C15H15F3N2O4. The molecule has 0 aliphatic rings. The highest BCUT2D eigenvalue weighted by molar-refractivity contribution is 5.81. The van der Waals surface area contributed by atoms with Crippen molar-refractivity contribution in [2.75, 3.05) is 0 Å². The zero-order chi connectivity index (χ0) is 18.3. The minimum absolute atomic E-state index is 0.314. The highest BCUT2D eigenvalue weighted by atomic mass is 19.4. The summed E-state index contributed by atoms with van der Waals surface area (Å²) in [6.45, 7) is 4.35. The summed E-state index contributed by atoms with van der Waals surface area (Å²) in [4.78, 5) is 27.9. The largest absolute Gasteiger partial charge is 0.465 e. The lowest BCUT2D eigenvalue weighted by Crippen LogP contribution is -2.44. The maximum absolute atomic E-state index is 13.1. The number of fused-ring (bicyclic) bond motifs is 1. The number of alkyl halides is 3. The topological polar surface area (TPSA) is 83.6 Å². The van der Waals surface area contributed by atoms with Crippen LogP contribution in [-0.2, 0) is 12.7 Å². The molecule has 1 aromatic heterocycles. The number of aromatic nitrogens is 1. The maximum Gasteiger partial charge on any atom is 0.418 e. The van der Waals surface area contributed by atoms with Gasteiger partial charge in [0.2, 0.25) is 5.89 Å². The molecule has 9 heteroatoms. The highest BCUT2D eigenvalue weighted by Gasteiger charge is 2.34. The number of hydrogen-bond donors (Lipinski definition) is 1. The first-order chi connectivity index (χ1) is 10.9. The summed E-state index contributed by atoms with van der Waals surface area (Å²) < 4.78 is 44.1. The molecule has 6 nitrogen and oxygen atoms in total. The van der Waals surface area contributed by atoms with Gasteiger partial charge < -0.3 is 9.52 Å². The minimum Gasteiger partial charge on any atom is -0.465 e. The zero-order valence-electron chi connectivity index (χ0n) is 13.1. The molecule has 0 aliphatic carbocycles. The molecule has 1 aromatic carbocycles. The van der Waals surface area contributed by atoms with Crippen molar-refractivity contribution in [1.82, 2.24) is 9.88 Å². The molecule has 0 saturated heterocycles. The fourth-order valence-electron chi connectivity index (χ4n) is 2.16. The van der Waals surface area contributed by atoms with Crippen LogP contribution in [0.1, 0.15) is 32.2 Å². The number of hydrogen-bond acceptors (Lipinski definition) is 4. The van der Waals surface area contributed by atoms with Crippen molar-refractivity contribution in [3.05, 3.63) is 40.1 Å². The number of rotatable bonds is 2. The molecule has 0 atom stereocenters. The van der Waals surface area contributed by atoms with Gasteiger partial charge in [0.15, 0.2) is 0 Å². The minimum atomic E-state index is -4.70. The Labute approximate surface area is 134 Å². The van der Waals surface area contributed by atoms with Crippen LogP contribution in [0.4, 0.5) is 18.0 Å². The molecular weight excluding hydrogens is 329 g/mol. The molecule has 0 radical (unpaired) electrons. The van der Waals surface area contributed by atoms with Gasteiger partial charge in [0, 0.05) is 5.54 Å². The Kier molecular flexibility index (Phi) is 4.30. The predicted octanol–water partition coefficient (Wildman–Crippen LogP) is 3.49. The third kappa shape index (κ3) is 3.50. The van der Waals surface area contributed by atoms with E-state index in [1.54, 1.807) is 20.8 Å².